The van der Waals surface area contributed by atoms with Crippen LogP contribution in [0.5, 0.6) is 0 Å². The Kier molecular flexibility index (Phi) is 5.91. The van der Waals surface area contributed by atoms with Crippen molar-refractivity contribution in [3.05, 3.63) is 18.0 Å². The SMILES string of the molecule is CCC(NCc1ccn[nH]1)C(C)(C)C.Cl. The third-order valence-corrected chi connectivity index (χ3v) is 2.55. The summed E-state index contributed by atoms with van der Waals surface area (Å²) in [6.45, 7) is 9.88. The number of hydrogen-bond donors (Lipinski definition) is 2. The molecule has 0 spiro atoms. The van der Waals surface area contributed by atoms with Gasteiger partial charge in [-0.05, 0) is 17.9 Å². The molecule has 0 amide bonds. The number of nitrogens with one attached hydrogen (secondary N) is 2. The van der Waals surface area contributed by atoms with E-state index in [1.807, 2.05) is 6.07 Å². The van der Waals surface area contributed by atoms with Crippen molar-refractivity contribution in [2.75, 3.05) is 0 Å². The molecule has 1 heterocycles. The number of nitrogens with zero attached hydrogens (tertiary/aromatic N) is 1. The number of rotatable bonds is 4. The van der Waals surface area contributed by atoms with Crippen molar-refractivity contribution in [2.24, 2.45) is 5.41 Å². The van der Waals surface area contributed by atoms with E-state index in [-0.39, 0.29) is 12.4 Å². The van der Waals surface area contributed by atoms with Crippen molar-refractivity contribution in [3.63, 3.8) is 0 Å². The Morgan fingerprint density at radius 3 is 2.53 bits per heavy atom. The number of halogens is 1. The van der Waals surface area contributed by atoms with Crippen LogP contribution in [0.2, 0.25) is 0 Å². The predicted octanol–water partition coefficient (Wildman–Crippen LogP) is 2.75. The first-order chi connectivity index (χ1) is 6.54. The minimum absolute atomic E-state index is 0. The topological polar surface area (TPSA) is 40.7 Å². The molecule has 15 heavy (non-hydrogen) atoms. The van der Waals surface area contributed by atoms with Crippen molar-refractivity contribution in [2.45, 2.75) is 46.7 Å². The summed E-state index contributed by atoms with van der Waals surface area (Å²) in [6.07, 6.45) is 2.94. The molecule has 0 saturated carbocycles. The van der Waals surface area contributed by atoms with E-state index >= 15 is 0 Å². The first-order valence-corrected chi connectivity index (χ1v) is 5.25. The lowest BCUT2D eigenvalue weighted by atomic mass is 9.85. The van der Waals surface area contributed by atoms with Crippen LogP contribution in [0.4, 0.5) is 0 Å². The van der Waals surface area contributed by atoms with Crippen molar-refractivity contribution in [1.29, 1.82) is 0 Å². The van der Waals surface area contributed by atoms with E-state index in [1.165, 1.54) is 0 Å². The summed E-state index contributed by atoms with van der Waals surface area (Å²) in [5.74, 6) is 0. The molecule has 1 atom stereocenters. The van der Waals surface area contributed by atoms with Crippen molar-refractivity contribution in [3.8, 4) is 0 Å². The molecule has 0 fully saturated rings. The molecular weight excluding hydrogens is 210 g/mol. The molecule has 3 nitrogen and oxygen atoms in total. The van der Waals surface area contributed by atoms with E-state index in [4.69, 9.17) is 0 Å². The Labute approximate surface area is 98.5 Å². The standard InChI is InChI=1S/C11H21N3.ClH/c1-5-10(11(2,3)4)12-8-9-6-7-13-14-9;/h6-7,10,12H,5,8H2,1-4H3,(H,13,14);1H. The van der Waals surface area contributed by atoms with Crippen LogP contribution in [-0.4, -0.2) is 16.2 Å². The number of aromatic amines is 1. The maximum atomic E-state index is 3.92. The molecular formula is C11H22ClN3. The molecule has 0 bridgehead atoms. The molecule has 0 radical (unpaired) electrons. The van der Waals surface area contributed by atoms with Gasteiger partial charge in [0.15, 0.2) is 0 Å². The lowest BCUT2D eigenvalue weighted by Crippen LogP contribution is -2.39. The Morgan fingerprint density at radius 1 is 1.47 bits per heavy atom. The van der Waals surface area contributed by atoms with Crippen LogP contribution in [0, 0.1) is 5.41 Å². The summed E-state index contributed by atoms with van der Waals surface area (Å²) in [7, 11) is 0. The van der Waals surface area contributed by atoms with Crippen molar-refractivity contribution >= 4 is 12.4 Å². The lowest BCUT2D eigenvalue weighted by Gasteiger charge is -2.30. The minimum atomic E-state index is 0. The van der Waals surface area contributed by atoms with Gasteiger partial charge in [-0.3, -0.25) is 5.10 Å². The molecule has 0 saturated heterocycles. The highest BCUT2D eigenvalue weighted by atomic mass is 35.5. The molecule has 1 aromatic rings. The Bertz CT molecular complexity index is 251. The Balaban J connectivity index is 0.00000196. The molecule has 0 aromatic carbocycles. The molecule has 1 rings (SSSR count). The fourth-order valence-corrected chi connectivity index (χ4v) is 1.68. The smallest absolute Gasteiger partial charge is 0.0490 e. The van der Waals surface area contributed by atoms with Gasteiger partial charge in [0.1, 0.15) is 0 Å². The highest BCUT2D eigenvalue weighted by molar-refractivity contribution is 5.85. The zero-order chi connectivity index (χ0) is 10.6. The van der Waals surface area contributed by atoms with E-state index in [0.717, 1.165) is 18.7 Å². The van der Waals surface area contributed by atoms with Crippen LogP contribution in [0.3, 0.4) is 0 Å². The quantitative estimate of drug-likeness (QED) is 0.837. The van der Waals surface area contributed by atoms with Gasteiger partial charge in [-0.15, -0.1) is 12.4 Å². The highest BCUT2D eigenvalue weighted by Gasteiger charge is 2.21. The maximum Gasteiger partial charge on any atom is 0.0490 e. The van der Waals surface area contributed by atoms with Gasteiger partial charge in [0.25, 0.3) is 0 Å². The van der Waals surface area contributed by atoms with Crippen LogP contribution in [0.1, 0.15) is 39.8 Å². The molecule has 1 unspecified atom stereocenters. The normalized spacial score (nSPS) is 13.3. The van der Waals surface area contributed by atoms with Gasteiger partial charge in [-0.1, -0.05) is 27.7 Å². The lowest BCUT2D eigenvalue weighted by molar-refractivity contribution is 0.259. The number of aromatic nitrogens is 2. The van der Waals surface area contributed by atoms with Crippen LogP contribution in [0.15, 0.2) is 12.3 Å². The van der Waals surface area contributed by atoms with Gasteiger partial charge in [-0.2, -0.15) is 5.10 Å². The molecule has 88 valence electrons. The predicted molar refractivity (Wildman–Crippen MR) is 66.2 cm³/mol. The van der Waals surface area contributed by atoms with Crippen molar-refractivity contribution in [1.82, 2.24) is 15.5 Å². The number of hydrogen-bond acceptors (Lipinski definition) is 2. The molecule has 2 N–H and O–H groups in total. The van der Waals surface area contributed by atoms with Crippen molar-refractivity contribution < 1.29 is 0 Å². The fourth-order valence-electron chi connectivity index (χ4n) is 1.68. The first kappa shape index (κ1) is 14.5. The second-order valence-corrected chi connectivity index (χ2v) is 4.79. The Morgan fingerprint density at radius 2 is 2.13 bits per heavy atom. The van der Waals surface area contributed by atoms with Crippen LogP contribution in [-0.2, 0) is 6.54 Å². The second kappa shape index (κ2) is 6.13. The zero-order valence-electron chi connectivity index (χ0n) is 10.0. The number of H-pyrrole nitrogens is 1. The van der Waals surface area contributed by atoms with Gasteiger partial charge >= 0.3 is 0 Å². The highest BCUT2D eigenvalue weighted by Crippen LogP contribution is 2.21. The second-order valence-electron chi connectivity index (χ2n) is 4.79. The molecule has 1 aromatic heterocycles. The maximum absolute atomic E-state index is 3.92. The summed E-state index contributed by atoms with van der Waals surface area (Å²) in [4.78, 5) is 0. The van der Waals surface area contributed by atoms with Gasteiger partial charge in [0.2, 0.25) is 0 Å². The van der Waals surface area contributed by atoms with Crippen LogP contribution < -0.4 is 5.32 Å². The van der Waals surface area contributed by atoms with E-state index in [2.05, 4.69) is 43.2 Å². The van der Waals surface area contributed by atoms with Crippen LogP contribution >= 0.6 is 12.4 Å². The van der Waals surface area contributed by atoms with Gasteiger partial charge in [-0.25, -0.2) is 0 Å². The summed E-state index contributed by atoms with van der Waals surface area (Å²) >= 11 is 0. The van der Waals surface area contributed by atoms with Gasteiger partial charge in [0.05, 0.1) is 0 Å². The van der Waals surface area contributed by atoms with E-state index in [1.54, 1.807) is 6.20 Å². The van der Waals surface area contributed by atoms with Crippen LogP contribution in [0.25, 0.3) is 0 Å². The largest absolute Gasteiger partial charge is 0.308 e. The third kappa shape index (κ3) is 4.67. The molecule has 0 aliphatic rings. The minimum Gasteiger partial charge on any atom is -0.308 e. The average Bonchev–Trinajstić information content (AvgIpc) is 2.55. The molecule has 0 aliphatic carbocycles. The Hall–Kier alpha value is -0.540. The summed E-state index contributed by atoms with van der Waals surface area (Å²) in [6, 6.07) is 2.55. The van der Waals surface area contributed by atoms with E-state index < -0.39 is 0 Å². The van der Waals surface area contributed by atoms with E-state index in [0.29, 0.717) is 11.5 Å². The average molecular weight is 232 g/mol. The third-order valence-electron chi connectivity index (χ3n) is 2.55. The first-order valence-electron chi connectivity index (χ1n) is 5.25. The fraction of sp³-hybridized carbons (Fsp3) is 0.727. The zero-order valence-corrected chi connectivity index (χ0v) is 10.8. The summed E-state index contributed by atoms with van der Waals surface area (Å²) in [5.41, 5.74) is 1.46. The summed E-state index contributed by atoms with van der Waals surface area (Å²) < 4.78 is 0. The van der Waals surface area contributed by atoms with Gasteiger partial charge in [0, 0.05) is 24.5 Å². The summed E-state index contributed by atoms with van der Waals surface area (Å²) in [5, 5.41) is 10.4. The monoisotopic (exact) mass is 231 g/mol. The van der Waals surface area contributed by atoms with Gasteiger partial charge < -0.3 is 5.32 Å². The molecule has 0 aliphatic heterocycles. The van der Waals surface area contributed by atoms with E-state index in [9.17, 15) is 0 Å². The molecule has 4 heteroatoms.